The first kappa shape index (κ1) is 38.9. The number of nitrogens with one attached hydrogen (secondary N) is 2. The van der Waals surface area contributed by atoms with Gasteiger partial charge in [-0.15, -0.1) is 0 Å². The van der Waals surface area contributed by atoms with Crippen molar-refractivity contribution in [3.63, 3.8) is 0 Å². The highest BCUT2D eigenvalue weighted by Gasteiger charge is 2.26. The highest BCUT2D eigenvalue weighted by molar-refractivity contribution is 6.39. The van der Waals surface area contributed by atoms with E-state index in [0.717, 1.165) is 0 Å². The maximum atomic E-state index is 13.0. The number of anilines is 2. The van der Waals surface area contributed by atoms with Crippen LogP contribution < -0.4 is 29.6 Å². The molecule has 0 bridgehead atoms. The molecule has 4 rings (SSSR count). The Morgan fingerprint density at radius 3 is 1.38 bits per heavy atom. The number of hydrogen-bond acceptors (Lipinski definition) is 12. The summed E-state index contributed by atoms with van der Waals surface area (Å²) in [4.78, 5) is 50.7. The highest BCUT2D eigenvalue weighted by atomic mass is 35.5. The first-order chi connectivity index (χ1) is 24.9. The zero-order chi connectivity index (χ0) is 37.9. The molecule has 4 aromatic carbocycles. The minimum Gasteiger partial charge on any atom is -0.497 e. The molecular formula is C36H34Cl2N6O8. The first-order valence-corrected chi connectivity index (χ1v) is 16.1. The summed E-state index contributed by atoms with van der Waals surface area (Å²) in [6.45, 7) is 2.45. The van der Waals surface area contributed by atoms with Gasteiger partial charge in [0.15, 0.2) is 11.6 Å². The van der Waals surface area contributed by atoms with Gasteiger partial charge < -0.3 is 29.6 Å². The van der Waals surface area contributed by atoms with Crippen LogP contribution in [-0.2, 0) is 19.2 Å². The van der Waals surface area contributed by atoms with Gasteiger partial charge in [0.25, 0.3) is 11.8 Å². The van der Waals surface area contributed by atoms with Gasteiger partial charge in [0, 0.05) is 17.7 Å². The molecule has 2 N–H and O–H groups in total. The van der Waals surface area contributed by atoms with Crippen molar-refractivity contribution in [2.24, 2.45) is 20.5 Å². The minimum atomic E-state index is -1.48. The summed E-state index contributed by atoms with van der Waals surface area (Å²) in [7, 11) is 5.84. The Morgan fingerprint density at radius 2 is 1.00 bits per heavy atom. The maximum Gasteiger partial charge on any atom is 0.258 e. The molecule has 14 nitrogen and oxygen atoms in total. The monoisotopic (exact) mass is 748 g/mol. The lowest BCUT2D eigenvalue weighted by atomic mass is 10.0. The van der Waals surface area contributed by atoms with E-state index in [9.17, 15) is 19.2 Å². The number of carbonyl (C=O) groups is 4. The van der Waals surface area contributed by atoms with Crippen molar-refractivity contribution in [2.75, 3.05) is 39.1 Å². The molecule has 0 aliphatic rings. The number of rotatable bonds is 15. The van der Waals surface area contributed by atoms with Crippen LogP contribution in [0.5, 0.6) is 23.0 Å². The molecular weight excluding hydrogens is 715 g/mol. The zero-order valence-electron chi connectivity index (χ0n) is 28.9. The van der Waals surface area contributed by atoms with Crippen LogP contribution in [0.2, 0.25) is 10.0 Å². The van der Waals surface area contributed by atoms with Crippen molar-refractivity contribution in [2.45, 2.75) is 25.9 Å². The lowest BCUT2D eigenvalue weighted by molar-refractivity contribution is -0.127. The van der Waals surface area contributed by atoms with Gasteiger partial charge in [-0.05, 0) is 67.9 Å². The molecule has 16 heteroatoms. The van der Waals surface area contributed by atoms with E-state index in [4.69, 9.17) is 42.1 Å². The van der Waals surface area contributed by atoms with Gasteiger partial charge in [0.05, 0.1) is 61.2 Å². The van der Waals surface area contributed by atoms with Crippen LogP contribution >= 0.6 is 23.2 Å². The van der Waals surface area contributed by atoms with Crippen LogP contribution in [0.15, 0.2) is 93.3 Å². The summed E-state index contributed by atoms with van der Waals surface area (Å²) in [6, 6.07) is 16.3. The molecule has 270 valence electrons. The Labute approximate surface area is 309 Å². The molecule has 0 heterocycles. The lowest BCUT2D eigenvalue weighted by Crippen LogP contribution is -2.32. The van der Waals surface area contributed by atoms with E-state index in [-0.39, 0.29) is 21.4 Å². The third-order valence-electron chi connectivity index (χ3n) is 7.36. The zero-order valence-corrected chi connectivity index (χ0v) is 30.4. The first-order valence-electron chi connectivity index (χ1n) is 15.4. The molecule has 0 radical (unpaired) electrons. The average Bonchev–Trinajstić information content (AvgIpc) is 3.11. The average molecular weight is 750 g/mol. The maximum absolute atomic E-state index is 13.0. The van der Waals surface area contributed by atoms with Crippen LogP contribution in [0.1, 0.15) is 13.8 Å². The van der Waals surface area contributed by atoms with Gasteiger partial charge in [-0.1, -0.05) is 35.3 Å². The van der Waals surface area contributed by atoms with Crippen LogP contribution in [0.4, 0.5) is 22.7 Å². The number of azo groups is 2. The summed E-state index contributed by atoms with van der Waals surface area (Å²) < 4.78 is 21.0. The third kappa shape index (κ3) is 9.68. The van der Waals surface area contributed by atoms with Crippen molar-refractivity contribution < 1.29 is 38.1 Å². The van der Waals surface area contributed by atoms with E-state index in [1.54, 1.807) is 60.7 Å². The van der Waals surface area contributed by atoms with Gasteiger partial charge in [0.2, 0.25) is 12.1 Å². The second-order valence-corrected chi connectivity index (χ2v) is 11.7. The second-order valence-electron chi connectivity index (χ2n) is 10.9. The summed E-state index contributed by atoms with van der Waals surface area (Å²) in [5.74, 6) is -0.854. The number of amides is 2. The van der Waals surface area contributed by atoms with Crippen LogP contribution in [-0.4, -0.2) is 63.9 Å². The number of ketones is 2. The fourth-order valence-electron chi connectivity index (χ4n) is 4.70. The molecule has 2 atom stereocenters. The number of halogens is 2. The number of hydrogen-bond donors (Lipinski definition) is 2. The summed E-state index contributed by atoms with van der Waals surface area (Å²) in [5.41, 5.74) is 2.20. The van der Waals surface area contributed by atoms with E-state index < -0.39 is 35.5 Å². The molecule has 0 aromatic heterocycles. The van der Waals surface area contributed by atoms with Crippen molar-refractivity contribution in [3.8, 4) is 34.1 Å². The van der Waals surface area contributed by atoms with Crippen LogP contribution in [0.3, 0.4) is 0 Å². The van der Waals surface area contributed by atoms with E-state index in [1.807, 2.05) is 0 Å². The molecule has 0 aliphatic heterocycles. The van der Waals surface area contributed by atoms with Gasteiger partial charge in [-0.2, -0.15) is 20.5 Å². The normalized spacial score (nSPS) is 12.2. The van der Waals surface area contributed by atoms with Gasteiger partial charge in [-0.3, -0.25) is 19.2 Å². The molecule has 2 unspecified atom stereocenters. The summed E-state index contributed by atoms with van der Waals surface area (Å²) >= 11 is 13.2. The van der Waals surface area contributed by atoms with Gasteiger partial charge >= 0.3 is 0 Å². The third-order valence-corrected chi connectivity index (χ3v) is 7.95. The number of Topliss-reactive ketones (excluding diaryl/α,β-unsaturated/α-hetero) is 2. The van der Waals surface area contributed by atoms with Crippen molar-refractivity contribution in [1.82, 2.24) is 0 Å². The van der Waals surface area contributed by atoms with Crippen molar-refractivity contribution in [3.05, 3.63) is 82.8 Å². The topological polar surface area (TPSA) is 179 Å². The Kier molecular flexibility index (Phi) is 13.4. The summed E-state index contributed by atoms with van der Waals surface area (Å²) in [5, 5.41) is 21.8. The molecule has 0 saturated carbocycles. The van der Waals surface area contributed by atoms with E-state index in [2.05, 4.69) is 31.1 Å². The van der Waals surface area contributed by atoms with Crippen molar-refractivity contribution >= 4 is 69.3 Å². The van der Waals surface area contributed by atoms with E-state index in [0.29, 0.717) is 45.5 Å². The number of benzene rings is 4. The number of nitrogens with zero attached hydrogens (tertiary/aromatic N) is 4. The lowest BCUT2D eigenvalue weighted by Gasteiger charge is -2.14. The largest absolute Gasteiger partial charge is 0.497 e. The smallest absolute Gasteiger partial charge is 0.258 e. The SMILES string of the molecule is COc1ccc(OC)c(NC(=O)C(N=Nc2ccc(-c3c(Cl)cc(N=NC(C(C)=O)C(=O)Nc4cc(OC)ccc4OC)cc3Cl)cc2)C(C)=O)c1. The Hall–Kier alpha value is -5.86. The fourth-order valence-corrected chi connectivity index (χ4v) is 5.39. The summed E-state index contributed by atoms with van der Waals surface area (Å²) in [6.07, 6.45) is 0. The fraction of sp³-hybridized carbons (Fsp3) is 0.222. The van der Waals surface area contributed by atoms with Gasteiger partial charge in [-0.25, -0.2) is 0 Å². The molecule has 2 amide bonds. The molecule has 0 aliphatic carbocycles. The molecule has 0 saturated heterocycles. The van der Waals surface area contributed by atoms with Crippen molar-refractivity contribution in [1.29, 1.82) is 0 Å². The van der Waals surface area contributed by atoms with E-state index in [1.165, 1.54) is 54.4 Å². The predicted molar refractivity (Wildman–Crippen MR) is 196 cm³/mol. The Morgan fingerprint density at radius 1 is 0.577 bits per heavy atom. The second kappa shape index (κ2) is 17.9. The van der Waals surface area contributed by atoms with Crippen LogP contribution in [0.25, 0.3) is 11.1 Å². The van der Waals surface area contributed by atoms with E-state index >= 15 is 0 Å². The quantitative estimate of drug-likeness (QED) is 0.0905. The predicted octanol–water partition coefficient (Wildman–Crippen LogP) is 8.05. The standard InChI is InChI=1S/C36H34Cl2N6O8/c1-19(45)33(35(47)39-28-17-24(49-3)11-13-30(28)51-5)43-41-22-9-7-21(8-10-22)32-26(37)15-23(16-27(32)38)42-44-34(20(2)46)36(48)40-29-18-25(50-4)12-14-31(29)52-6/h7-18,33-34H,1-6H3,(H,39,47)(H,40,48). The van der Waals surface area contributed by atoms with Gasteiger partial charge in [0.1, 0.15) is 23.0 Å². The number of methoxy groups -OCH3 is 4. The number of carbonyl (C=O) groups excluding carboxylic acids is 4. The minimum absolute atomic E-state index is 0.197. The van der Waals surface area contributed by atoms with Crippen LogP contribution in [0, 0.1) is 0 Å². The molecule has 0 fully saturated rings. The molecule has 0 spiro atoms. The Bertz CT molecular complexity index is 2010. The Balaban J connectivity index is 1.49. The molecule has 52 heavy (non-hydrogen) atoms. The molecule has 4 aromatic rings. The highest BCUT2D eigenvalue weighted by Crippen LogP contribution is 2.39. The number of ether oxygens (including phenoxy) is 4.